The van der Waals surface area contributed by atoms with Gasteiger partial charge in [0.1, 0.15) is 0 Å². The zero-order chi connectivity index (χ0) is 18.0. The summed E-state index contributed by atoms with van der Waals surface area (Å²) in [6.45, 7) is 1.14. The molecule has 1 aromatic carbocycles. The molecule has 10 heteroatoms. The second-order valence-corrected chi connectivity index (χ2v) is 7.90. The number of halogens is 2. The van der Waals surface area contributed by atoms with E-state index in [2.05, 4.69) is 5.32 Å². The van der Waals surface area contributed by atoms with Crippen molar-refractivity contribution in [3.63, 3.8) is 0 Å². The fourth-order valence-electron chi connectivity index (χ4n) is 2.26. The monoisotopic (exact) mass is 404 g/mol. The van der Waals surface area contributed by atoms with Gasteiger partial charge in [0.15, 0.2) is 5.76 Å². The molecule has 0 radical (unpaired) electrons. The van der Waals surface area contributed by atoms with Crippen molar-refractivity contribution < 1.29 is 22.4 Å². The largest absolute Gasteiger partial charge is 0.438 e. The Balaban J connectivity index is 1.76. The van der Waals surface area contributed by atoms with E-state index in [1.54, 1.807) is 6.07 Å². The fourth-order valence-corrected chi connectivity index (χ4v) is 3.88. The number of nitrogens with zero attached hydrogens (tertiary/aromatic N) is 1. The summed E-state index contributed by atoms with van der Waals surface area (Å²) in [5.74, 6) is -0.722. The molecule has 0 atom stereocenters. The zero-order valence-electron chi connectivity index (χ0n) is 12.9. The van der Waals surface area contributed by atoms with Gasteiger partial charge in [-0.3, -0.25) is 4.79 Å². The van der Waals surface area contributed by atoms with Gasteiger partial charge in [-0.25, -0.2) is 8.42 Å². The second-order valence-electron chi connectivity index (χ2n) is 5.22. The number of hydrogen-bond acceptors (Lipinski definition) is 5. The van der Waals surface area contributed by atoms with Gasteiger partial charge in [0.2, 0.25) is 5.09 Å². The molecule has 1 amide bonds. The summed E-state index contributed by atoms with van der Waals surface area (Å²) in [5, 5.41) is 2.93. The minimum Gasteiger partial charge on any atom is -0.438 e. The number of hydrogen-bond donors (Lipinski definition) is 1. The first-order valence-corrected chi connectivity index (χ1v) is 9.51. The predicted octanol–water partition coefficient (Wildman–Crippen LogP) is 2.86. The van der Waals surface area contributed by atoms with Gasteiger partial charge < -0.3 is 14.5 Å². The predicted molar refractivity (Wildman–Crippen MR) is 92.7 cm³/mol. The summed E-state index contributed by atoms with van der Waals surface area (Å²) in [6, 6.07) is 7.15. The van der Waals surface area contributed by atoms with E-state index < -0.39 is 15.9 Å². The molecule has 0 unspecified atom stereocenters. The van der Waals surface area contributed by atoms with E-state index >= 15 is 0 Å². The average molecular weight is 405 g/mol. The quantitative estimate of drug-likeness (QED) is 0.845. The Morgan fingerprint density at radius 1 is 1.08 bits per heavy atom. The van der Waals surface area contributed by atoms with Crippen molar-refractivity contribution in [1.29, 1.82) is 0 Å². The van der Waals surface area contributed by atoms with Gasteiger partial charge >= 0.3 is 0 Å². The van der Waals surface area contributed by atoms with E-state index in [4.69, 9.17) is 32.4 Å². The molecule has 1 aliphatic heterocycles. The van der Waals surface area contributed by atoms with Crippen LogP contribution in [-0.2, 0) is 14.8 Å². The van der Waals surface area contributed by atoms with Gasteiger partial charge in [0.05, 0.1) is 23.3 Å². The van der Waals surface area contributed by atoms with Crippen molar-refractivity contribution in [2.75, 3.05) is 31.6 Å². The van der Waals surface area contributed by atoms with Crippen LogP contribution < -0.4 is 5.32 Å². The molecule has 2 aromatic rings. The summed E-state index contributed by atoms with van der Waals surface area (Å²) >= 11 is 11.7. The van der Waals surface area contributed by atoms with Gasteiger partial charge in [0, 0.05) is 18.8 Å². The van der Waals surface area contributed by atoms with Crippen molar-refractivity contribution in [3.05, 3.63) is 46.1 Å². The van der Waals surface area contributed by atoms with E-state index in [9.17, 15) is 13.2 Å². The second kappa shape index (κ2) is 7.35. The van der Waals surface area contributed by atoms with Crippen molar-refractivity contribution in [2.45, 2.75) is 5.09 Å². The van der Waals surface area contributed by atoms with Crippen LogP contribution in [0.1, 0.15) is 10.6 Å². The number of carbonyl (C=O) groups excluding carboxylic acids is 1. The maximum absolute atomic E-state index is 12.5. The number of rotatable bonds is 4. The first kappa shape index (κ1) is 18.2. The maximum atomic E-state index is 12.5. The van der Waals surface area contributed by atoms with E-state index in [-0.39, 0.29) is 29.0 Å². The van der Waals surface area contributed by atoms with Crippen LogP contribution >= 0.6 is 23.2 Å². The van der Waals surface area contributed by atoms with Crippen LogP contribution in [0.3, 0.4) is 0 Å². The van der Waals surface area contributed by atoms with E-state index in [1.807, 2.05) is 0 Å². The van der Waals surface area contributed by atoms with Crippen LogP contribution in [-0.4, -0.2) is 44.9 Å². The Bertz CT molecular complexity index is 891. The summed E-state index contributed by atoms with van der Waals surface area (Å²) in [5.41, 5.74) is 0.411. The number of nitrogens with one attached hydrogen (secondary N) is 1. The minimum absolute atomic E-state index is 0.127. The molecule has 2 heterocycles. The normalized spacial score (nSPS) is 15.9. The summed E-state index contributed by atoms with van der Waals surface area (Å²) < 4.78 is 36.6. The molecular weight excluding hydrogens is 391 g/mol. The lowest BCUT2D eigenvalue weighted by Gasteiger charge is -2.24. The molecule has 1 saturated heterocycles. The van der Waals surface area contributed by atoms with Gasteiger partial charge in [-0.15, -0.1) is 0 Å². The Morgan fingerprint density at radius 2 is 1.80 bits per heavy atom. The third kappa shape index (κ3) is 3.99. The molecule has 1 aliphatic rings. The number of sulfonamides is 1. The van der Waals surface area contributed by atoms with Gasteiger partial charge in [-0.1, -0.05) is 23.2 Å². The highest BCUT2D eigenvalue weighted by Gasteiger charge is 2.30. The molecule has 1 fully saturated rings. The standard InChI is InChI=1S/C15H14Cl2N2O5S/c16-11-2-1-10(9-12(11)17)18-15(20)13-3-4-14(24-13)25(21,22)19-5-7-23-8-6-19/h1-4,9H,5-8H2,(H,18,20). The number of ether oxygens (including phenoxy) is 1. The van der Waals surface area contributed by atoms with Crippen molar-refractivity contribution in [3.8, 4) is 0 Å². The van der Waals surface area contributed by atoms with Gasteiger partial charge in [-0.05, 0) is 30.3 Å². The fraction of sp³-hybridized carbons (Fsp3) is 0.267. The Kier molecular flexibility index (Phi) is 5.35. The SMILES string of the molecule is O=C(Nc1ccc(Cl)c(Cl)c1)c1ccc(S(=O)(=O)N2CCOCC2)o1. The van der Waals surface area contributed by atoms with Gasteiger partial charge in [0.25, 0.3) is 15.9 Å². The van der Waals surface area contributed by atoms with Crippen LogP contribution in [0.25, 0.3) is 0 Å². The number of furan rings is 1. The Morgan fingerprint density at radius 3 is 2.48 bits per heavy atom. The lowest BCUT2D eigenvalue weighted by Crippen LogP contribution is -2.40. The van der Waals surface area contributed by atoms with E-state index in [0.29, 0.717) is 23.9 Å². The minimum atomic E-state index is -3.79. The summed E-state index contributed by atoms with van der Waals surface area (Å²) in [4.78, 5) is 12.2. The van der Waals surface area contributed by atoms with Crippen molar-refractivity contribution >= 4 is 44.8 Å². The van der Waals surface area contributed by atoms with Crippen molar-refractivity contribution in [2.24, 2.45) is 0 Å². The zero-order valence-corrected chi connectivity index (χ0v) is 15.2. The first-order chi connectivity index (χ1) is 11.9. The lowest BCUT2D eigenvalue weighted by atomic mass is 10.3. The number of benzene rings is 1. The Labute approximate surface area is 154 Å². The number of carbonyl (C=O) groups is 1. The summed E-state index contributed by atoms with van der Waals surface area (Å²) in [7, 11) is -3.79. The smallest absolute Gasteiger partial charge is 0.291 e. The van der Waals surface area contributed by atoms with Crippen LogP contribution in [0.15, 0.2) is 39.8 Å². The topological polar surface area (TPSA) is 88.9 Å². The molecule has 134 valence electrons. The molecule has 1 N–H and O–H groups in total. The maximum Gasteiger partial charge on any atom is 0.291 e. The molecule has 0 spiro atoms. The Hall–Kier alpha value is -1.58. The molecule has 3 rings (SSSR count). The number of morpholine rings is 1. The number of amides is 1. The van der Waals surface area contributed by atoms with E-state index in [0.717, 1.165) is 0 Å². The summed E-state index contributed by atoms with van der Waals surface area (Å²) in [6.07, 6.45) is 0. The molecule has 0 bridgehead atoms. The third-order valence-electron chi connectivity index (χ3n) is 3.55. The molecule has 7 nitrogen and oxygen atoms in total. The van der Waals surface area contributed by atoms with Crippen LogP contribution in [0.5, 0.6) is 0 Å². The van der Waals surface area contributed by atoms with Crippen LogP contribution in [0.2, 0.25) is 10.0 Å². The van der Waals surface area contributed by atoms with E-state index in [1.165, 1.54) is 28.6 Å². The molecule has 0 saturated carbocycles. The molecule has 25 heavy (non-hydrogen) atoms. The highest BCUT2D eigenvalue weighted by Crippen LogP contribution is 2.26. The van der Waals surface area contributed by atoms with Gasteiger partial charge in [-0.2, -0.15) is 4.31 Å². The molecular formula is C15H14Cl2N2O5S. The highest BCUT2D eigenvalue weighted by atomic mass is 35.5. The molecule has 1 aromatic heterocycles. The van der Waals surface area contributed by atoms with Crippen LogP contribution in [0.4, 0.5) is 5.69 Å². The first-order valence-electron chi connectivity index (χ1n) is 7.32. The molecule has 0 aliphatic carbocycles. The highest BCUT2D eigenvalue weighted by molar-refractivity contribution is 7.89. The third-order valence-corrected chi connectivity index (χ3v) is 6.06. The van der Waals surface area contributed by atoms with Crippen LogP contribution in [0, 0.1) is 0 Å². The average Bonchev–Trinajstić information content (AvgIpc) is 3.10. The van der Waals surface area contributed by atoms with Crippen molar-refractivity contribution in [1.82, 2.24) is 4.31 Å². The lowest BCUT2D eigenvalue weighted by molar-refractivity contribution is 0.0723. The number of anilines is 1.